The number of nitrogens with zero attached hydrogens (tertiary/aromatic N) is 1. The lowest BCUT2D eigenvalue weighted by Gasteiger charge is -2.19. The van der Waals surface area contributed by atoms with Gasteiger partial charge in [0, 0.05) is 41.4 Å². The van der Waals surface area contributed by atoms with Gasteiger partial charge in [0.2, 0.25) is 5.91 Å². The van der Waals surface area contributed by atoms with Gasteiger partial charge in [-0.25, -0.2) is 0 Å². The molecule has 2 heterocycles. The fraction of sp³-hybridized carbons (Fsp3) is 0.429. The first-order valence-corrected chi connectivity index (χ1v) is 10.4. The minimum atomic E-state index is 0. The smallest absolute Gasteiger partial charge is 0.224 e. The monoisotopic (exact) mass is 528 g/mol. The number of fused-ring (bicyclic) bond motifs is 1. The summed E-state index contributed by atoms with van der Waals surface area (Å²) in [5, 5.41) is 9.59. The summed E-state index contributed by atoms with van der Waals surface area (Å²) < 4.78 is 5.84. The standard InChI is InChI=1S/C21H28N4O2S.HI/c1-14(12-18-7-4-15(2)28-18)24-21(22-3)23-10-11-27-17-6-8-19-16(13-17)5-9-20(26)25-19;/h4,6-8,13-14H,5,9-12H2,1-3H3,(H,25,26)(H2,22,23,24);1H. The van der Waals surface area contributed by atoms with Crippen molar-refractivity contribution in [3.8, 4) is 5.75 Å². The van der Waals surface area contributed by atoms with Gasteiger partial charge in [0.15, 0.2) is 5.96 Å². The molecule has 0 spiro atoms. The lowest BCUT2D eigenvalue weighted by Crippen LogP contribution is -2.44. The largest absolute Gasteiger partial charge is 0.492 e. The molecule has 1 unspecified atom stereocenters. The predicted molar refractivity (Wildman–Crippen MR) is 131 cm³/mol. The second kappa shape index (κ2) is 11.4. The van der Waals surface area contributed by atoms with E-state index in [2.05, 4.69) is 46.9 Å². The second-order valence-corrected chi connectivity index (χ2v) is 8.35. The second-order valence-electron chi connectivity index (χ2n) is 6.98. The normalized spacial score (nSPS) is 14.3. The van der Waals surface area contributed by atoms with Crippen LogP contribution in [0.4, 0.5) is 5.69 Å². The summed E-state index contributed by atoms with van der Waals surface area (Å²) in [6.45, 7) is 5.47. The van der Waals surface area contributed by atoms with Crippen LogP contribution in [0, 0.1) is 6.92 Å². The Morgan fingerprint density at radius 1 is 1.31 bits per heavy atom. The SMILES string of the molecule is CN=C(NCCOc1ccc2c(c1)CCC(=O)N2)NC(C)Cc1ccc(C)s1.I. The van der Waals surface area contributed by atoms with Crippen molar-refractivity contribution in [2.45, 2.75) is 39.2 Å². The zero-order chi connectivity index (χ0) is 19.9. The number of nitrogens with one attached hydrogen (secondary N) is 3. The minimum Gasteiger partial charge on any atom is -0.492 e. The van der Waals surface area contributed by atoms with E-state index in [9.17, 15) is 4.79 Å². The van der Waals surface area contributed by atoms with Gasteiger partial charge >= 0.3 is 0 Å². The van der Waals surface area contributed by atoms with Gasteiger partial charge < -0.3 is 20.7 Å². The third kappa shape index (κ3) is 7.18. The highest BCUT2D eigenvalue weighted by molar-refractivity contribution is 14.0. The molecule has 0 saturated carbocycles. The number of amides is 1. The molecule has 8 heteroatoms. The first-order chi connectivity index (χ1) is 13.5. The maximum Gasteiger partial charge on any atom is 0.224 e. The number of aryl methyl sites for hydroxylation is 2. The van der Waals surface area contributed by atoms with E-state index in [-0.39, 0.29) is 29.9 Å². The molecule has 0 radical (unpaired) electrons. The highest BCUT2D eigenvalue weighted by atomic mass is 127. The molecular formula is C21H29IN4O2S. The first kappa shape index (κ1) is 23.5. The van der Waals surface area contributed by atoms with E-state index < -0.39 is 0 Å². The Bertz CT molecular complexity index is 853. The summed E-state index contributed by atoms with van der Waals surface area (Å²) in [6.07, 6.45) is 2.26. The molecule has 2 aromatic rings. The summed E-state index contributed by atoms with van der Waals surface area (Å²) in [4.78, 5) is 18.4. The number of carbonyl (C=O) groups is 1. The Hall–Kier alpha value is -1.81. The van der Waals surface area contributed by atoms with E-state index in [1.54, 1.807) is 7.05 Å². The number of hydrogen-bond acceptors (Lipinski definition) is 4. The maximum absolute atomic E-state index is 11.4. The number of carbonyl (C=O) groups excluding carboxylic acids is 1. The number of benzene rings is 1. The van der Waals surface area contributed by atoms with Gasteiger partial charge in [0.1, 0.15) is 12.4 Å². The Morgan fingerprint density at radius 2 is 2.14 bits per heavy atom. The number of hydrogen-bond donors (Lipinski definition) is 3. The Kier molecular flexibility index (Phi) is 9.22. The Balaban J connectivity index is 0.00000300. The van der Waals surface area contributed by atoms with Crippen LogP contribution in [-0.4, -0.2) is 38.1 Å². The number of aliphatic imine (C=N–C) groups is 1. The van der Waals surface area contributed by atoms with Gasteiger partial charge in [-0.05, 0) is 56.2 Å². The lowest BCUT2D eigenvalue weighted by molar-refractivity contribution is -0.116. The zero-order valence-electron chi connectivity index (χ0n) is 17.1. The topological polar surface area (TPSA) is 74.8 Å². The van der Waals surface area contributed by atoms with Crippen molar-refractivity contribution in [3.05, 3.63) is 45.6 Å². The van der Waals surface area contributed by atoms with Crippen LogP contribution in [0.15, 0.2) is 35.3 Å². The third-order valence-electron chi connectivity index (χ3n) is 4.55. The number of thiophene rings is 1. The van der Waals surface area contributed by atoms with Crippen molar-refractivity contribution in [1.29, 1.82) is 0 Å². The van der Waals surface area contributed by atoms with E-state index in [1.165, 1.54) is 9.75 Å². The molecule has 1 aromatic heterocycles. The van der Waals surface area contributed by atoms with Crippen LogP contribution in [0.3, 0.4) is 0 Å². The number of ether oxygens (including phenoxy) is 1. The quantitative estimate of drug-likeness (QED) is 0.222. The van der Waals surface area contributed by atoms with Crippen LogP contribution >= 0.6 is 35.3 Å². The van der Waals surface area contributed by atoms with Crippen LogP contribution in [0.2, 0.25) is 0 Å². The zero-order valence-corrected chi connectivity index (χ0v) is 20.2. The van der Waals surface area contributed by atoms with E-state index in [1.807, 2.05) is 29.5 Å². The molecule has 1 aliphatic heterocycles. The highest BCUT2D eigenvalue weighted by Crippen LogP contribution is 2.26. The highest BCUT2D eigenvalue weighted by Gasteiger charge is 2.15. The number of guanidine groups is 1. The van der Waals surface area contributed by atoms with Crippen molar-refractivity contribution in [1.82, 2.24) is 10.6 Å². The lowest BCUT2D eigenvalue weighted by atomic mass is 10.0. The summed E-state index contributed by atoms with van der Waals surface area (Å²) in [6, 6.07) is 10.4. The molecule has 158 valence electrons. The van der Waals surface area contributed by atoms with Crippen LogP contribution in [0.1, 0.15) is 28.7 Å². The fourth-order valence-corrected chi connectivity index (χ4v) is 4.18. The van der Waals surface area contributed by atoms with Crippen molar-refractivity contribution < 1.29 is 9.53 Å². The van der Waals surface area contributed by atoms with Crippen LogP contribution < -0.4 is 20.7 Å². The van der Waals surface area contributed by atoms with Gasteiger partial charge in [-0.2, -0.15) is 0 Å². The van der Waals surface area contributed by atoms with Gasteiger partial charge in [0.05, 0.1) is 6.54 Å². The van der Waals surface area contributed by atoms with Crippen molar-refractivity contribution in [2.24, 2.45) is 4.99 Å². The molecule has 0 fully saturated rings. The maximum atomic E-state index is 11.4. The van der Waals surface area contributed by atoms with Crippen LogP contribution in [-0.2, 0) is 17.6 Å². The number of rotatable bonds is 7. The van der Waals surface area contributed by atoms with Gasteiger partial charge in [-0.1, -0.05) is 0 Å². The van der Waals surface area contributed by atoms with E-state index in [4.69, 9.17) is 4.74 Å². The Labute approximate surface area is 193 Å². The third-order valence-corrected chi connectivity index (χ3v) is 5.57. The van der Waals surface area contributed by atoms with Crippen LogP contribution in [0.25, 0.3) is 0 Å². The molecule has 0 bridgehead atoms. The Morgan fingerprint density at radius 3 is 2.86 bits per heavy atom. The molecule has 0 aliphatic carbocycles. The van der Waals surface area contributed by atoms with E-state index in [0.717, 1.165) is 35.8 Å². The van der Waals surface area contributed by atoms with Crippen molar-refractivity contribution in [2.75, 3.05) is 25.5 Å². The van der Waals surface area contributed by atoms with Gasteiger partial charge in [-0.15, -0.1) is 35.3 Å². The average molecular weight is 528 g/mol. The van der Waals surface area contributed by atoms with Gasteiger partial charge in [-0.3, -0.25) is 9.79 Å². The molecule has 1 aromatic carbocycles. The molecule has 1 aliphatic rings. The summed E-state index contributed by atoms with van der Waals surface area (Å²) >= 11 is 1.84. The molecule has 3 N–H and O–H groups in total. The van der Waals surface area contributed by atoms with Crippen LogP contribution in [0.5, 0.6) is 5.75 Å². The van der Waals surface area contributed by atoms with Crippen molar-refractivity contribution >= 4 is 52.9 Å². The minimum absolute atomic E-state index is 0. The fourth-order valence-electron chi connectivity index (χ4n) is 3.16. The molecule has 1 amide bonds. The molecule has 3 rings (SSSR count). The summed E-state index contributed by atoms with van der Waals surface area (Å²) in [5.74, 6) is 1.67. The van der Waals surface area contributed by atoms with Gasteiger partial charge in [0.25, 0.3) is 0 Å². The molecule has 6 nitrogen and oxygen atoms in total. The number of halogens is 1. The molecule has 0 saturated heterocycles. The van der Waals surface area contributed by atoms with E-state index in [0.29, 0.717) is 25.6 Å². The van der Waals surface area contributed by atoms with Crippen molar-refractivity contribution in [3.63, 3.8) is 0 Å². The number of anilines is 1. The molecule has 1 atom stereocenters. The van der Waals surface area contributed by atoms with E-state index >= 15 is 0 Å². The predicted octanol–water partition coefficient (Wildman–Crippen LogP) is 3.73. The summed E-state index contributed by atoms with van der Waals surface area (Å²) in [7, 11) is 1.77. The average Bonchev–Trinajstić information content (AvgIpc) is 3.08. The molecule has 29 heavy (non-hydrogen) atoms. The summed E-state index contributed by atoms with van der Waals surface area (Å²) in [5.41, 5.74) is 2.02. The molecular weight excluding hydrogens is 499 g/mol. The first-order valence-electron chi connectivity index (χ1n) is 9.61.